The summed E-state index contributed by atoms with van der Waals surface area (Å²) in [6.45, 7) is 1.88. The molecule has 1 heterocycles. The lowest BCUT2D eigenvalue weighted by molar-refractivity contribution is -0.137. The number of halogens is 5. The van der Waals surface area contributed by atoms with Crippen LogP contribution in [0.1, 0.15) is 18.3 Å². The smallest absolute Gasteiger partial charge is 0.368 e. The maximum atomic E-state index is 12.8. The van der Waals surface area contributed by atoms with Crippen molar-refractivity contribution in [3.63, 3.8) is 0 Å². The number of fused-ring (bicyclic) bond motifs is 1. The maximum Gasteiger partial charge on any atom is 0.416 e. The van der Waals surface area contributed by atoms with E-state index < -0.39 is 26.7 Å². The van der Waals surface area contributed by atoms with Crippen molar-refractivity contribution >= 4 is 49.9 Å². The van der Waals surface area contributed by atoms with Crippen LogP contribution in [0.3, 0.4) is 0 Å². The first-order valence-electron chi connectivity index (χ1n) is 9.07. The van der Waals surface area contributed by atoms with Crippen LogP contribution in [0.15, 0.2) is 41.3 Å². The van der Waals surface area contributed by atoms with Crippen LogP contribution in [-0.2, 0) is 22.6 Å². The molecule has 0 aliphatic carbocycles. The van der Waals surface area contributed by atoms with E-state index in [1.165, 1.54) is 0 Å². The summed E-state index contributed by atoms with van der Waals surface area (Å²) in [5.41, 5.74) is -0.535. The van der Waals surface area contributed by atoms with Crippen LogP contribution in [0, 0.1) is 0 Å². The minimum atomic E-state index is -4.64. The van der Waals surface area contributed by atoms with Gasteiger partial charge >= 0.3 is 6.18 Å². The second-order valence-electron chi connectivity index (χ2n) is 6.48. The molecule has 0 aliphatic rings. The van der Waals surface area contributed by atoms with Crippen molar-refractivity contribution in [3.05, 3.63) is 57.8 Å². The van der Waals surface area contributed by atoms with E-state index in [9.17, 15) is 21.6 Å². The van der Waals surface area contributed by atoms with E-state index in [-0.39, 0.29) is 13.1 Å². The van der Waals surface area contributed by atoms with Crippen molar-refractivity contribution in [1.82, 2.24) is 14.7 Å². The van der Waals surface area contributed by atoms with Crippen LogP contribution in [0.25, 0.3) is 10.9 Å². The van der Waals surface area contributed by atoms with Crippen molar-refractivity contribution in [2.24, 2.45) is 0 Å². The van der Waals surface area contributed by atoms with Crippen molar-refractivity contribution in [2.75, 3.05) is 18.4 Å². The van der Waals surface area contributed by atoms with E-state index in [2.05, 4.69) is 20.0 Å². The second kappa shape index (κ2) is 9.15. The Balaban J connectivity index is 1.74. The van der Waals surface area contributed by atoms with Gasteiger partial charge in [-0.05, 0) is 30.3 Å². The molecular formula is C19H17Cl2F3N4O2S. The molecule has 31 heavy (non-hydrogen) atoms. The molecule has 3 aromatic rings. The Bertz CT molecular complexity index is 1220. The number of rotatable bonds is 7. The molecule has 0 saturated heterocycles. The maximum absolute atomic E-state index is 12.8. The molecule has 0 fully saturated rings. The molecule has 0 radical (unpaired) electrons. The number of sulfonamides is 1. The lowest BCUT2D eigenvalue weighted by Gasteiger charge is -2.13. The Kier molecular flexibility index (Phi) is 6.95. The molecule has 3 rings (SSSR count). The van der Waals surface area contributed by atoms with Crippen molar-refractivity contribution in [3.8, 4) is 0 Å². The summed E-state index contributed by atoms with van der Waals surface area (Å²) in [6, 6.07) is 6.73. The Morgan fingerprint density at radius 2 is 1.81 bits per heavy atom. The summed E-state index contributed by atoms with van der Waals surface area (Å²) < 4.78 is 65.5. The summed E-state index contributed by atoms with van der Waals surface area (Å²) in [6.07, 6.45) is -4.09. The monoisotopic (exact) mass is 492 g/mol. The minimum absolute atomic E-state index is 0.0974. The summed E-state index contributed by atoms with van der Waals surface area (Å²) in [7, 11) is -4.13. The summed E-state index contributed by atoms with van der Waals surface area (Å²) in [5.74, 6) is 0.952. The number of aryl methyl sites for hydroxylation is 1. The average molecular weight is 493 g/mol. The summed E-state index contributed by atoms with van der Waals surface area (Å²) >= 11 is 12.3. The first-order valence-corrected chi connectivity index (χ1v) is 11.3. The number of alkyl halides is 3. The van der Waals surface area contributed by atoms with Crippen LogP contribution in [0.4, 0.5) is 19.0 Å². The Morgan fingerprint density at radius 1 is 1.06 bits per heavy atom. The molecule has 0 bridgehead atoms. The van der Waals surface area contributed by atoms with Gasteiger partial charge in [0.05, 0.1) is 21.0 Å². The molecular weight excluding hydrogens is 476 g/mol. The highest BCUT2D eigenvalue weighted by molar-refractivity contribution is 7.89. The number of nitrogens with one attached hydrogen (secondary N) is 2. The largest absolute Gasteiger partial charge is 0.416 e. The van der Waals surface area contributed by atoms with Crippen molar-refractivity contribution in [2.45, 2.75) is 24.4 Å². The molecule has 1 aromatic heterocycles. The number of hydrogen-bond donors (Lipinski definition) is 2. The Hall–Kier alpha value is -2.14. The lowest BCUT2D eigenvalue weighted by atomic mass is 10.2. The van der Waals surface area contributed by atoms with Crippen LogP contribution in [0.2, 0.25) is 10.0 Å². The molecule has 0 spiro atoms. The highest BCUT2D eigenvalue weighted by atomic mass is 35.5. The summed E-state index contributed by atoms with van der Waals surface area (Å²) in [4.78, 5) is 8.31. The SMILES string of the molecule is CCc1nc(NCCNS(=O)(=O)c2cccc(C(F)(F)F)c2)c2cc(Cl)cc(Cl)c2n1. The number of anilines is 1. The number of benzene rings is 2. The van der Waals surface area contributed by atoms with Crippen molar-refractivity contribution in [1.29, 1.82) is 0 Å². The molecule has 0 aliphatic heterocycles. The molecule has 2 N–H and O–H groups in total. The quantitative estimate of drug-likeness (QED) is 0.457. The molecule has 6 nitrogen and oxygen atoms in total. The highest BCUT2D eigenvalue weighted by Crippen LogP contribution is 2.31. The zero-order valence-electron chi connectivity index (χ0n) is 16.1. The number of aromatic nitrogens is 2. The predicted octanol–water partition coefficient (Wildman–Crippen LogP) is 4.91. The third-order valence-electron chi connectivity index (χ3n) is 4.26. The van der Waals surface area contributed by atoms with Gasteiger partial charge in [-0.25, -0.2) is 23.1 Å². The molecule has 0 saturated carbocycles. The molecule has 2 aromatic carbocycles. The Labute approximate surface area is 186 Å². The van der Waals surface area contributed by atoms with Crippen LogP contribution < -0.4 is 10.0 Å². The van der Waals surface area contributed by atoms with Gasteiger partial charge in [-0.15, -0.1) is 0 Å². The molecule has 0 unspecified atom stereocenters. The third-order valence-corrected chi connectivity index (χ3v) is 6.23. The van der Waals surface area contributed by atoms with Gasteiger partial charge in [0.25, 0.3) is 0 Å². The standard InChI is InChI=1S/C19H17Cl2F3N4O2S/c1-2-16-27-17-14(9-12(20)10-15(17)21)18(28-16)25-6-7-26-31(29,30)13-5-3-4-11(8-13)19(22,23)24/h3-5,8-10,26H,2,6-7H2,1H3,(H,25,27,28). The zero-order chi connectivity index (χ0) is 22.8. The van der Waals surface area contributed by atoms with Crippen molar-refractivity contribution < 1.29 is 21.6 Å². The lowest BCUT2D eigenvalue weighted by Crippen LogP contribution is -2.29. The van der Waals surface area contributed by atoms with E-state index in [1.54, 1.807) is 12.1 Å². The van der Waals surface area contributed by atoms with Crippen LogP contribution in [-0.4, -0.2) is 31.5 Å². The first kappa shape index (κ1) is 23.5. The second-order valence-corrected chi connectivity index (χ2v) is 9.09. The van der Waals surface area contributed by atoms with Gasteiger partial charge in [0.1, 0.15) is 11.6 Å². The van der Waals surface area contributed by atoms with Crippen LogP contribution in [0.5, 0.6) is 0 Å². The van der Waals surface area contributed by atoms with Gasteiger partial charge in [-0.1, -0.05) is 36.2 Å². The number of nitrogens with zero attached hydrogens (tertiary/aromatic N) is 2. The first-order chi connectivity index (χ1) is 14.5. The fourth-order valence-electron chi connectivity index (χ4n) is 2.79. The van der Waals surface area contributed by atoms with E-state index in [1.807, 2.05) is 6.92 Å². The Morgan fingerprint density at radius 3 is 2.48 bits per heavy atom. The third kappa shape index (κ3) is 5.57. The fourth-order valence-corrected chi connectivity index (χ4v) is 4.40. The zero-order valence-corrected chi connectivity index (χ0v) is 18.4. The topological polar surface area (TPSA) is 84.0 Å². The summed E-state index contributed by atoms with van der Waals surface area (Å²) in [5, 5.41) is 4.31. The predicted molar refractivity (Wildman–Crippen MR) is 114 cm³/mol. The fraction of sp³-hybridized carbons (Fsp3) is 0.263. The van der Waals surface area contributed by atoms with Gasteiger partial charge in [0.2, 0.25) is 10.0 Å². The van der Waals surface area contributed by atoms with E-state index in [0.29, 0.717) is 45.1 Å². The average Bonchev–Trinajstić information content (AvgIpc) is 2.70. The van der Waals surface area contributed by atoms with Gasteiger partial charge in [-0.3, -0.25) is 0 Å². The van der Waals surface area contributed by atoms with Gasteiger partial charge in [0, 0.05) is 29.9 Å². The van der Waals surface area contributed by atoms with E-state index >= 15 is 0 Å². The van der Waals surface area contributed by atoms with Gasteiger partial charge < -0.3 is 5.32 Å². The molecule has 0 atom stereocenters. The van der Waals surface area contributed by atoms with Gasteiger partial charge in [0.15, 0.2) is 0 Å². The number of hydrogen-bond acceptors (Lipinski definition) is 5. The van der Waals surface area contributed by atoms with Crippen LogP contribution >= 0.6 is 23.2 Å². The molecule has 12 heteroatoms. The van der Waals surface area contributed by atoms with Gasteiger partial charge in [-0.2, -0.15) is 13.2 Å². The minimum Gasteiger partial charge on any atom is -0.368 e. The molecule has 0 amide bonds. The highest BCUT2D eigenvalue weighted by Gasteiger charge is 2.31. The van der Waals surface area contributed by atoms with E-state index in [0.717, 1.165) is 18.2 Å². The molecule has 166 valence electrons. The normalized spacial score (nSPS) is 12.3. The van der Waals surface area contributed by atoms with E-state index in [4.69, 9.17) is 23.2 Å².